The van der Waals surface area contributed by atoms with Crippen LogP contribution in [-0.4, -0.2) is 63.8 Å². The van der Waals surface area contributed by atoms with Crippen LogP contribution in [0.25, 0.3) is 0 Å². The molecule has 8 nitrogen and oxygen atoms in total. The first-order valence-electron chi connectivity index (χ1n) is 10.4. The average Bonchev–Trinajstić information content (AvgIpc) is 3.50. The monoisotopic (exact) mass is 422 g/mol. The largest absolute Gasteiger partial charge is 0.497 e. The summed E-state index contributed by atoms with van der Waals surface area (Å²) in [4.78, 5) is 30.3. The third kappa shape index (κ3) is 3.22. The van der Waals surface area contributed by atoms with Crippen molar-refractivity contribution in [2.24, 2.45) is 18.9 Å². The van der Waals surface area contributed by atoms with Crippen molar-refractivity contribution in [2.45, 2.75) is 24.8 Å². The van der Waals surface area contributed by atoms with Crippen LogP contribution in [0.4, 0.5) is 0 Å². The molecule has 4 heterocycles. The fourth-order valence-electron chi connectivity index (χ4n) is 5.15. The van der Waals surface area contributed by atoms with Gasteiger partial charge in [0, 0.05) is 38.9 Å². The lowest BCUT2D eigenvalue weighted by atomic mass is 9.76. The molecule has 2 aromatic rings. The van der Waals surface area contributed by atoms with E-state index in [1.165, 1.54) is 0 Å². The number of hydrogen-bond donors (Lipinski definition) is 0. The number of nitrogens with zero attached hydrogens (tertiary/aromatic N) is 4. The molecule has 162 valence electrons. The topological polar surface area (TPSA) is 76.9 Å². The minimum Gasteiger partial charge on any atom is -0.497 e. The van der Waals surface area contributed by atoms with Gasteiger partial charge in [0.05, 0.1) is 37.8 Å². The number of hydrogen-bond acceptors (Lipinski definition) is 5. The molecule has 1 spiro atoms. The Labute approximate surface area is 181 Å². The summed E-state index contributed by atoms with van der Waals surface area (Å²) in [6.07, 6.45) is 7.21. The standard InChI is InChI=1S/C23H26N4O4/c1-25(11-16-10-24-26(2)12-16)21(28)19-18-7-8-23(31-18)14-27(22(29)20(19)23)13-15-5-4-6-17(9-15)30-3/h4-10,12,18-20H,11,13-14H2,1-3H3/t18-,19-,20-,23-/m0/s1. The molecule has 0 unspecified atom stereocenters. The number of benzene rings is 1. The van der Waals surface area contributed by atoms with Crippen molar-refractivity contribution in [1.29, 1.82) is 0 Å². The van der Waals surface area contributed by atoms with Crippen LogP contribution in [0.15, 0.2) is 48.8 Å². The number of aromatic nitrogens is 2. The van der Waals surface area contributed by atoms with E-state index in [1.807, 2.05) is 49.7 Å². The van der Waals surface area contributed by atoms with Crippen molar-refractivity contribution >= 4 is 11.8 Å². The molecular weight excluding hydrogens is 396 g/mol. The van der Waals surface area contributed by atoms with Crippen molar-refractivity contribution in [2.75, 3.05) is 20.7 Å². The van der Waals surface area contributed by atoms with Gasteiger partial charge in [-0.3, -0.25) is 14.3 Å². The van der Waals surface area contributed by atoms with Crippen LogP contribution in [0.1, 0.15) is 11.1 Å². The lowest BCUT2D eigenvalue weighted by molar-refractivity contribution is -0.142. The molecule has 0 N–H and O–H groups in total. The zero-order valence-electron chi connectivity index (χ0n) is 17.9. The molecule has 3 aliphatic rings. The van der Waals surface area contributed by atoms with Crippen LogP contribution in [0.2, 0.25) is 0 Å². The third-order valence-corrected chi connectivity index (χ3v) is 6.53. The van der Waals surface area contributed by atoms with Gasteiger partial charge in [0.2, 0.25) is 11.8 Å². The Hall–Kier alpha value is -3.13. The van der Waals surface area contributed by atoms with Crippen LogP contribution < -0.4 is 4.74 Å². The molecule has 31 heavy (non-hydrogen) atoms. The zero-order valence-corrected chi connectivity index (χ0v) is 17.9. The van der Waals surface area contributed by atoms with Crippen molar-refractivity contribution in [3.63, 3.8) is 0 Å². The van der Waals surface area contributed by atoms with Gasteiger partial charge in [-0.2, -0.15) is 5.10 Å². The Morgan fingerprint density at radius 1 is 1.39 bits per heavy atom. The summed E-state index contributed by atoms with van der Waals surface area (Å²) in [5, 5.41) is 4.16. The molecule has 4 atom stereocenters. The summed E-state index contributed by atoms with van der Waals surface area (Å²) in [5.74, 6) is -0.333. The lowest BCUT2D eigenvalue weighted by Gasteiger charge is -2.27. The molecule has 5 rings (SSSR count). The van der Waals surface area contributed by atoms with E-state index in [0.29, 0.717) is 19.6 Å². The maximum Gasteiger partial charge on any atom is 0.230 e. The summed E-state index contributed by atoms with van der Waals surface area (Å²) in [7, 11) is 5.24. The number of rotatable bonds is 6. The average molecular weight is 422 g/mol. The highest BCUT2D eigenvalue weighted by atomic mass is 16.5. The van der Waals surface area contributed by atoms with E-state index in [-0.39, 0.29) is 17.9 Å². The van der Waals surface area contributed by atoms with Crippen LogP contribution >= 0.6 is 0 Å². The molecular formula is C23H26N4O4. The van der Waals surface area contributed by atoms with Gasteiger partial charge in [-0.1, -0.05) is 24.3 Å². The molecule has 1 aromatic heterocycles. The molecule has 1 aromatic carbocycles. The molecule has 2 bridgehead atoms. The van der Waals surface area contributed by atoms with Crippen molar-refractivity contribution < 1.29 is 19.1 Å². The summed E-state index contributed by atoms with van der Waals surface area (Å²) >= 11 is 0. The van der Waals surface area contributed by atoms with E-state index in [4.69, 9.17) is 9.47 Å². The molecule has 2 amide bonds. The lowest BCUT2D eigenvalue weighted by Crippen LogP contribution is -2.44. The Balaban J connectivity index is 1.35. The second kappa shape index (κ2) is 7.23. The molecule has 2 saturated heterocycles. The molecule has 0 radical (unpaired) electrons. The summed E-state index contributed by atoms with van der Waals surface area (Å²) in [6.45, 7) is 1.36. The van der Waals surface area contributed by atoms with E-state index in [2.05, 4.69) is 5.10 Å². The van der Waals surface area contributed by atoms with Gasteiger partial charge in [0.15, 0.2) is 0 Å². The molecule has 3 aliphatic heterocycles. The second-order valence-electron chi connectivity index (χ2n) is 8.66. The number of ether oxygens (including phenoxy) is 2. The van der Waals surface area contributed by atoms with Gasteiger partial charge in [-0.05, 0) is 17.7 Å². The Morgan fingerprint density at radius 3 is 2.97 bits per heavy atom. The SMILES string of the molecule is COc1cccc(CN2C[C@]34C=C[C@H](O3)[C@H](C(=O)N(C)Cc3cnn(C)c3)[C@H]4C2=O)c1. The highest BCUT2D eigenvalue weighted by molar-refractivity contribution is 5.93. The number of aryl methyl sites for hydroxylation is 1. The number of carbonyl (C=O) groups excluding carboxylic acids is 2. The smallest absolute Gasteiger partial charge is 0.230 e. The van der Waals surface area contributed by atoms with Crippen LogP contribution in [0, 0.1) is 11.8 Å². The first-order valence-corrected chi connectivity index (χ1v) is 10.4. The number of likely N-dealkylation sites (tertiary alicyclic amines) is 1. The van der Waals surface area contributed by atoms with Crippen molar-refractivity contribution in [1.82, 2.24) is 19.6 Å². The number of amides is 2. The molecule has 8 heteroatoms. The minimum absolute atomic E-state index is 0.0252. The maximum absolute atomic E-state index is 13.4. The predicted octanol–water partition coefficient (Wildman–Crippen LogP) is 1.37. The second-order valence-corrected chi connectivity index (χ2v) is 8.66. The van der Waals surface area contributed by atoms with E-state index >= 15 is 0 Å². The zero-order chi connectivity index (χ0) is 21.8. The summed E-state index contributed by atoms with van der Waals surface area (Å²) < 4.78 is 13.3. The minimum atomic E-state index is -0.712. The molecule has 0 saturated carbocycles. The van der Waals surface area contributed by atoms with Gasteiger partial charge in [0.1, 0.15) is 11.4 Å². The fraction of sp³-hybridized carbons (Fsp3) is 0.435. The Morgan fingerprint density at radius 2 is 2.23 bits per heavy atom. The van der Waals surface area contributed by atoms with E-state index < -0.39 is 17.4 Å². The molecule has 2 fully saturated rings. The van der Waals surface area contributed by atoms with Gasteiger partial charge < -0.3 is 19.3 Å². The van der Waals surface area contributed by atoms with Crippen LogP contribution in [0.5, 0.6) is 5.75 Å². The number of methoxy groups -OCH3 is 1. The summed E-state index contributed by atoms with van der Waals surface area (Å²) in [5.41, 5.74) is 1.22. The normalized spacial score (nSPS) is 28.3. The van der Waals surface area contributed by atoms with Crippen molar-refractivity contribution in [3.05, 3.63) is 59.9 Å². The van der Waals surface area contributed by atoms with Crippen LogP contribution in [-0.2, 0) is 34.5 Å². The maximum atomic E-state index is 13.4. The van der Waals surface area contributed by atoms with Gasteiger partial charge in [0.25, 0.3) is 0 Å². The fourth-order valence-corrected chi connectivity index (χ4v) is 5.15. The number of carbonyl (C=O) groups is 2. The van der Waals surface area contributed by atoms with Crippen LogP contribution in [0.3, 0.4) is 0 Å². The predicted molar refractivity (Wildman–Crippen MR) is 112 cm³/mol. The van der Waals surface area contributed by atoms with E-state index in [0.717, 1.165) is 16.9 Å². The first-order chi connectivity index (χ1) is 14.9. The molecule has 0 aliphatic carbocycles. The highest BCUT2D eigenvalue weighted by Gasteiger charge is 2.67. The van der Waals surface area contributed by atoms with Crippen molar-refractivity contribution in [3.8, 4) is 5.75 Å². The van der Waals surface area contributed by atoms with Gasteiger partial charge in [-0.15, -0.1) is 0 Å². The number of fused-ring (bicyclic) bond motifs is 1. The first kappa shape index (κ1) is 19.8. The Bertz CT molecular complexity index is 1060. The summed E-state index contributed by atoms with van der Waals surface area (Å²) in [6, 6.07) is 7.69. The van der Waals surface area contributed by atoms with E-state index in [9.17, 15) is 9.59 Å². The van der Waals surface area contributed by atoms with E-state index in [1.54, 1.807) is 34.8 Å². The third-order valence-electron chi connectivity index (χ3n) is 6.53. The Kier molecular flexibility index (Phi) is 4.62. The quantitative estimate of drug-likeness (QED) is 0.658. The van der Waals surface area contributed by atoms with Gasteiger partial charge >= 0.3 is 0 Å². The highest BCUT2D eigenvalue weighted by Crippen LogP contribution is 2.52. The van der Waals surface area contributed by atoms with Gasteiger partial charge in [-0.25, -0.2) is 0 Å².